The van der Waals surface area contributed by atoms with E-state index >= 15 is 0 Å². The van der Waals surface area contributed by atoms with Crippen molar-refractivity contribution in [1.82, 2.24) is 29.7 Å². The number of hydrogen-bond donors (Lipinski definition) is 1. The molecule has 0 bridgehead atoms. The molecule has 95 heavy (non-hydrogen) atoms. The minimum absolute atomic E-state index is 0.0755. The van der Waals surface area contributed by atoms with Crippen LogP contribution in [0, 0.1) is 0 Å². The van der Waals surface area contributed by atoms with Crippen molar-refractivity contribution < 1.29 is 14.0 Å². The lowest BCUT2D eigenvalue weighted by Gasteiger charge is -2.24. The summed E-state index contributed by atoms with van der Waals surface area (Å²) < 4.78 is 1.97. The molecule has 2 amide bonds. The van der Waals surface area contributed by atoms with Crippen LogP contribution in [0.4, 0.5) is 5.69 Å². The van der Waals surface area contributed by atoms with Crippen LogP contribution in [0.2, 0.25) is 25.1 Å². The molecule has 0 spiro atoms. The Bertz CT molecular complexity index is 4470. The Morgan fingerprint density at radius 3 is 1.88 bits per heavy atom. The smallest absolute Gasteiger partial charge is 0.284 e. The lowest BCUT2D eigenvalue weighted by atomic mass is 9.99. The summed E-state index contributed by atoms with van der Waals surface area (Å²) in [4.78, 5) is 51.7. The normalized spacial score (nSPS) is 12.0. The molecule has 11 aromatic rings. The Hall–Kier alpha value is -8.55. The number of H-pyrrole nitrogens is 1. The number of anilines is 1. The summed E-state index contributed by atoms with van der Waals surface area (Å²) in [5, 5.41) is 6.52. The molecule has 4 aromatic heterocycles. The summed E-state index contributed by atoms with van der Waals surface area (Å²) in [6, 6.07) is 63.6. The fourth-order valence-electron chi connectivity index (χ4n) is 11.5. The number of nitrogens with zero attached hydrogens (tertiary/aromatic N) is 8. The van der Waals surface area contributed by atoms with E-state index in [1.807, 2.05) is 169 Å². The van der Waals surface area contributed by atoms with Crippen LogP contribution in [-0.4, -0.2) is 107 Å². The van der Waals surface area contributed by atoms with E-state index < -0.39 is 0 Å². The van der Waals surface area contributed by atoms with Crippen LogP contribution in [-0.2, 0) is 11.2 Å². The van der Waals surface area contributed by atoms with Crippen molar-refractivity contribution in [2.75, 3.05) is 58.3 Å². The van der Waals surface area contributed by atoms with Crippen molar-refractivity contribution in [3.63, 3.8) is 0 Å². The SMILES string of the molecule is C=C(c1cc(-c2ccccc2)c2ccccc2n1)N(CC)CC.CCC(C)N(C)C(=O)c1cc2ccccc2c(-c2ccccc2Cl)n1.CCCN(CCC)C(=O)Cc1c(-c2ccc(Cl)cc2)[nH]c2ccc(Cl)c[n+]12.CN1CCN=C(c2ccc(Cl)cc2)c2cc(Cl)ccc21. The van der Waals surface area contributed by atoms with Gasteiger partial charge in [0.1, 0.15) is 11.9 Å². The fourth-order valence-corrected chi connectivity index (χ4v) is 12.3. The lowest BCUT2D eigenvalue weighted by molar-refractivity contribution is -0.518. The lowest BCUT2D eigenvalue weighted by Crippen LogP contribution is -2.36. The number of carbonyl (C=O) groups excluding carboxylic acids is 2. The number of amides is 2. The molecular weight excluding hydrogens is 1280 g/mol. The second-order valence-electron chi connectivity index (χ2n) is 23.2. The van der Waals surface area contributed by atoms with Gasteiger partial charge in [-0.25, -0.2) is 15.0 Å². The average Bonchev–Trinajstić information content (AvgIpc) is 1.15. The first-order valence-electron chi connectivity index (χ1n) is 32.3. The molecule has 1 unspecified atom stereocenters. The molecule has 11 nitrogen and oxygen atoms in total. The first-order chi connectivity index (χ1) is 45.9. The Morgan fingerprint density at radius 2 is 1.22 bits per heavy atom. The third kappa shape index (κ3) is 17.5. The quantitative estimate of drug-likeness (QED) is 0.0911. The Morgan fingerprint density at radius 1 is 0.611 bits per heavy atom. The number of hydrogen-bond acceptors (Lipinski definition) is 7. The van der Waals surface area contributed by atoms with Gasteiger partial charge in [0.15, 0.2) is 11.4 Å². The van der Waals surface area contributed by atoms with E-state index in [2.05, 4.69) is 118 Å². The van der Waals surface area contributed by atoms with Gasteiger partial charge in [-0.15, -0.1) is 0 Å². The zero-order valence-corrected chi connectivity index (χ0v) is 59.0. The van der Waals surface area contributed by atoms with Gasteiger partial charge in [0.2, 0.25) is 5.91 Å². The number of pyridine rings is 3. The van der Waals surface area contributed by atoms with Crippen LogP contribution in [0.1, 0.15) is 93.8 Å². The number of carbonyl (C=O) groups is 2. The van der Waals surface area contributed by atoms with Crippen molar-refractivity contribution in [1.29, 1.82) is 0 Å². The van der Waals surface area contributed by atoms with Gasteiger partial charge in [0.25, 0.3) is 11.6 Å². The molecule has 16 heteroatoms. The molecule has 1 N–H and O–H groups in total. The summed E-state index contributed by atoms with van der Waals surface area (Å²) in [6.07, 6.45) is 4.95. The molecule has 488 valence electrons. The zero-order valence-electron chi connectivity index (χ0n) is 55.2. The number of para-hydroxylation sites is 1. The van der Waals surface area contributed by atoms with Gasteiger partial charge in [-0.05, 0) is 141 Å². The fraction of sp³-hybridized carbons (Fsp3) is 0.241. The molecule has 5 heterocycles. The topological polar surface area (TPSA) is 105 Å². The maximum Gasteiger partial charge on any atom is 0.284 e. The second-order valence-corrected chi connectivity index (χ2v) is 25.4. The standard InChI is InChI=1S/C21H23Cl2N3O.C21H21ClN2O.C21H22N2.C16H14Cl2N2/c1-3-11-25(12-4-2)20(27)13-18-21(15-5-7-16(22)8-6-15)24-19-10-9-17(23)14-26(18)19;1-4-14(2)24(3)21(25)19-13-15-9-5-6-10-16(15)20(23-19)17-11-7-8-12-18(17)22;1-4-23(5-2)16(3)21-15-19(17-11-7-6-8-12-17)18-13-9-10-14-20(18)22-21;1-20-9-8-19-16(11-2-4-12(17)5-3-11)14-10-13(18)6-7-15(14)20/h5-10,14H,3-4,11-13H2,1-2H3;5-14H,4H2,1-3H3;6-15H,3-5H2,1-2H3;2-7,10H,8-9H2,1H3/p+1. The van der Waals surface area contributed by atoms with Crippen LogP contribution < -0.4 is 9.30 Å². The number of aromatic nitrogens is 4. The van der Waals surface area contributed by atoms with Gasteiger partial charge in [0, 0.05) is 118 Å². The summed E-state index contributed by atoms with van der Waals surface area (Å²) in [5.74, 6) is 0.0516. The Labute approximate surface area is 584 Å². The highest BCUT2D eigenvalue weighted by Crippen LogP contribution is 2.35. The maximum absolute atomic E-state index is 13.0. The highest BCUT2D eigenvalue weighted by atomic mass is 35.5. The molecular formula is C79H81Cl5N9O2+. The summed E-state index contributed by atoms with van der Waals surface area (Å²) in [6.45, 7) is 21.9. The molecule has 0 saturated heterocycles. The number of imidazole rings is 1. The molecule has 0 fully saturated rings. The van der Waals surface area contributed by atoms with Gasteiger partial charge in [-0.2, -0.15) is 4.40 Å². The van der Waals surface area contributed by atoms with Crippen LogP contribution in [0.15, 0.2) is 212 Å². The third-order valence-corrected chi connectivity index (χ3v) is 18.2. The third-order valence-electron chi connectivity index (χ3n) is 16.9. The number of nitrogens with one attached hydrogen (secondary N) is 1. The highest BCUT2D eigenvalue weighted by Gasteiger charge is 2.27. The minimum atomic E-state index is -0.0755. The predicted molar refractivity (Wildman–Crippen MR) is 400 cm³/mol. The molecule has 0 saturated carbocycles. The molecule has 0 aliphatic carbocycles. The Balaban J connectivity index is 0.000000150. The number of rotatable bonds is 17. The molecule has 1 aliphatic heterocycles. The van der Waals surface area contributed by atoms with Crippen molar-refractivity contribution >= 4 is 114 Å². The van der Waals surface area contributed by atoms with E-state index in [0.29, 0.717) is 27.2 Å². The second kappa shape index (κ2) is 33.7. The van der Waals surface area contributed by atoms with E-state index in [4.69, 9.17) is 73.0 Å². The summed E-state index contributed by atoms with van der Waals surface area (Å²) in [7, 11) is 3.90. The number of halogens is 5. The highest BCUT2D eigenvalue weighted by molar-refractivity contribution is 6.34. The van der Waals surface area contributed by atoms with Crippen LogP contribution >= 0.6 is 58.0 Å². The largest absolute Gasteiger partial charge is 0.372 e. The minimum Gasteiger partial charge on any atom is -0.372 e. The van der Waals surface area contributed by atoms with E-state index in [0.717, 1.165) is 153 Å². The molecule has 12 rings (SSSR count). The van der Waals surface area contributed by atoms with Crippen molar-refractivity contribution in [3.05, 3.63) is 260 Å². The molecule has 0 radical (unpaired) electrons. The average molecular weight is 1370 g/mol. The Kier molecular flexibility index (Phi) is 25.1. The predicted octanol–water partition coefficient (Wildman–Crippen LogP) is 19.8. The van der Waals surface area contributed by atoms with Crippen molar-refractivity contribution in [3.8, 4) is 33.6 Å². The first kappa shape index (κ1) is 70.8. The van der Waals surface area contributed by atoms with Crippen LogP contribution in [0.25, 0.3) is 66.7 Å². The van der Waals surface area contributed by atoms with E-state index in [1.54, 1.807) is 4.90 Å². The van der Waals surface area contributed by atoms with Gasteiger partial charge in [0.05, 0.1) is 46.3 Å². The number of aliphatic imine (C=N–C) groups is 1. The molecule has 1 atom stereocenters. The summed E-state index contributed by atoms with van der Waals surface area (Å²) in [5.41, 5.74) is 15.3. The maximum atomic E-state index is 13.0. The number of fused-ring (bicyclic) bond motifs is 4. The molecule has 1 aliphatic rings. The number of aromatic amines is 1. The molecule has 7 aromatic carbocycles. The van der Waals surface area contributed by atoms with Crippen molar-refractivity contribution in [2.45, 2.75) is 73.3 Å². The summed E-state index contributed by atoms with van der Waals surface area (Å²) >= 11 is 30.8. The number of likely N-dealkylation sites (N-methyl/N-ethyl adjacent to an activating group) is 1. The number of benzodiazepines with no additional fused rings is 1. The van der Waals surface area contributed by atoms with E-state index in [9.17, 15) is 9.59 Å². The monoisotopic (exact) mass is 1360 g/mol. The van der Waals surface area contributed by atoms with E-state index in [1.165, 1.54) is 16.5 Å². The van der Waals surface area contributed by atoms with Gasteiger partial charge >= 0.3 is 0 Å². The zero-order chi connectivity index (χ0) is 67.7. The first-order valence-corrected chi connectivity index (χ1v) is 34.2. The van der Waals surface area contributed by atoms with Crippen LogP contribution in [0.5, 0.6) is 0 Å². The van der Waals surface area contributed by atoms with Crippen molar-refractivity contribution in [2.24, 2.45) is 4.99 Å². The van der Waals surface area contributed by atoms with Gasteiger partial charge in [-0.3, -0.25) is 14.6 Å². The van der Waals surface area contributed by atoms with E-state index in [-0.39, 0.29) is 17.9 Å². The van der Waals surface area contributed by atoms with Gasteiger partial charge < -0.3 is 19.6 Å². The van der Waals surface area contributed by atoms with Crippen LogP contribution in [0.3, 0.4) is 0 Å². The number of benzene rings is 7. The van der Waals surface area contributed by atoms with Gasteiger partial charge in [-0.1, -0.05) is 188 Å².